The lowest BCUT2D eigenvalue weighted by molar-refractivity contribution is -0.139. The summed E-state index contributed by atoms with van der Waals surface area (Å²) in [5.74, 6) is -0.491. The fourth-order valence-corrected chi connectivity index (χ4v) is 3.98. The summed E-state index contributed by atoms with van der Waals surface area (Å²) in [6, 6.07) is 7.27. The Labute approximate surface area is 173 Å². The first kappa shape index (κ1) is 22.7. The van der Waals surface area contributed by atoms with Crippen molar-refractivity contribution in [2.24, 2.45) is 0 Å². The summed E-state index contributed by atoms with van der Waals surface area (Å²) in [5, 5.41) is 3.20. The number of nitrogens with one attached hydrogen (secondary N) is 1. The molecule has 2 amide bonds. The molecule has 1 fully saturated rings. The van der Waals surface area contributed by atoms with E-state index in [1.165, 1.54) is 6.42 Å². The number of rotatable bonds is 10. The minimum Gasteiger partial charge on any atom is -0.382 e. The van der Waals surface area contributed by atoms with Crippen LogP contribution in [0, 0.1) is 6.92 Å². The lowest BCUT2D eigenvalue weighted by Crippen LogP contribution is -2.48. The molecule has 1 aliphatic rings. The Hall–Kier alpha value is -1.59. The Morgan fingerprint density at radius 2 is 1.96 bits per heavy atom. The molecule has 0 saturated heterocycles. The van der Waals surface area contributed by atoms with Crippen molar-refractivity contribution in [1.29, 1.82) is 0 Å². The molecule has 0 spiro atoms. The van der Waals surface area contributed by atoms with Crippen LogP contribution in [0.2, 0.25) is 0 Å². The van der Waals surface area contributed by atoms with Gasteiger partial charge in [0.1, 0.15) is 11.9 Å². The summed E-state index contributed by atoms with van der Waals surface area (Å²) in [4.78, 5) is 27.6. The summed E-state index contributed by atoms with van der Waals surface area (Å²) >= 11 is 5.90. The van der Waals surface area contributed by atoms with Crippen molar-refractivity contribution < 1.29 is 14.3 Å². The maximum atomic E-state index is 13.3. The first-order valence-corrected chi connectivity index (χ1v) is 10.9. The topological polar surface area (TPSA) is 58.6 Å². The molecule has 2 rings (SSSR count). The van der Waals surface area contributed by atoms with Crippen molar-refractivity contribution in [3.05, 3.63) is 35.4 Å². The van der Waals surface area contributed by atoms with Crippen LogP contribution in [0.25, 0.3) is 0 Å². The number of hydrogen-bond donors (Lipinski definition) is 1. The normalized spacial score (nSPS) is 15.8. The maximum Gasteiger partial charge on any atom is 0.247 e. The predicted molar refractivity (Wildman–Crippen MR) is 112 cm³/mol. The first-order valence-electron chi connectivity index (χ1n) is 10.4. The number of amides is 2. The van der Waals surface area contributed by atoms with Crippen molar-refractivity contribution in [3.63, 3.8) is 0 Å². The largest absolute Gasteiger partial charge is 0.382 e. The summed E-state index contributed by atoms with van der Waals surface area (Å²) in [6.45, 7) is 5.53. The molecule has 1 aromatic rings. The third-order valence-corrected chi connectivity index (χ3v) is 5.55. The standard InChI is InChI=1S/C22H33ClN2O3/c1-3-28-15-9-14-25(20(26)16-23)21(19-13-8-7-10-17(19)2)22(27)24-18-11-5-4-6-12-18/h7-8,10,13,18,21H,3-6,9,11-12,14-16H2,1-2H3,(H,24,27). The number of carbonyl (C=O) groups excluding carboxylic acids is 2. The Morgan fingerprint density at radius 3 is 2.61 bits per heavy atom. The summed E-state index contributed by atoms with van der Waals surface area (Å²) in [5.41, 5.74) is 1.84. The Balaban J connectivity index is 2.26. The van der Waals surface area contributed by atoms with Crippen LogP contribution in [-0.4, -0.2) is 48.4 Å². The molecule has 1 aromatic carbocycles. The van der Waals surface area contributed by atoms with E-state index in [1.807, 2.05) is 38.1 Å². The van der Waals surface area contributed by atoms with Gasteiger partial charge in [0.05, 0.1) is 0 Å². The van der Waals surface area contributed by atoms with Gasteiger partial charge in [-0.3, -0.25) is 9.59 Å². The number of halogens is 1. The quantitative estimate of drug-likeness (QED) is 0.470. The van der Waals surface area contributed by atoms with Gasteiger partial charge in [0.25, 0.3) is 0 Å². The average molecular weight is 409 g/mol. The fourth-order valence-electron chi connectivity index (χ4n) is 3.83. The molecule has 6 heteroatoms. The smallest absolute Gasteiger partial charge is 0.247 e. The SMILES string of the molecule is CCOCCCN(C(=O)CCl)C(C(=O)NC1CCCCC1)c1ccccc1C. The molecule has 5 nitrogen and oxygen atoms in total. The number of ether oxygens (including phenoxy) is 1. The van der Waals surface area contributed by atoms with Gasteiger partial charge in [0, 0.05) is 25.8 Å². The van der Waals surface area contributed by atoms with Crippen LogP contribution in [-0.2, 0) is 14.3 Å². The van der Waals surface area contributed by atoms with E-state index in [9.17, 15) is 9.59 Å². The number of nitrogens with zero attached hydrogens (tertiary/aromatic N) is 1. The van der Waals surface area contributed by atoms with Crippen molar-refractivity contribution >= 4 is 23.4 Å². The zero-order valence-corrected chi connectivity index (χ0v) is 17.8. The molecule has 156 valence electrons. The molecule has 1 N–H and O–H groups in total. The van der Waals surface area contributed by atoms with Gasteiger partial charge < -0.3 is 15.0 Å². The molecular formula is C22H33ClN2O3. The molecule has 1 aliphatic carbocycles. The van der Waals surface area contributed by atoms with Gasteiger partial charge in [-0.15, -0.1) is 11.6 Å². The van der Waals surface area contributed by atoms with Crippen LogP contribution in [0.15, 0.2) is 24.3 Å². The average Bonchev–Trinajstić information content (AvgIpc) is 2.71. The second-order valence-electron chi connectivity index (χ2n) is 7.37. The van der Waals surface area contributed by atoms with Crippen LogP contribution in [0.1, 0.15) is 62.6 Å². The summed E-state index contributed by atoms with van der Waals surface area (Å²) in [7, 11) is 0. The molecule has 1 atom stereocenters. The van der Waals surface area contributed by atoms with Gasteiger partial charge in [0.2, 0.25) is 11.8 Å². The van der Waals surface area contributed by atoms with Crippen molar-refractivity contribution in [2.75, 3.05) is 25.6 Å². The molecule has 1 saturated carbocycles. The summed E-state index contributed by atoms with van der Waals surface area (Å²) in [6.07, 6.45) is 6.16. The zero-order valence-electron chi connectivity index (χ0n) is 17.1. The van der Waals surface area contributed by atoms with Crippen LogP contribution < -0.4 is 5.32 Å². The minimum absolute atomic E-state index is 0.115. The number of benzene rings is 1. The second kappa shape index (κ2) is 12.1. The van der Waals surface area contributed by atoms with Crippen molar-refractivity contribution in [3.8, 4) is 0 Å². The Kier molecular flexibility index (Phi) is 9.79. The molecule has 0 radical (unpaired) electrons. The highest BCUT2D eigenvalue weighted by Crippen LogP contribution is 2.27. The summed E-state index contributed by atoms with van der Waals surface area (Å²) < 4.78 is 5.42. The van der Waals surface area contributed by atoms with Crippen molar-refractivity contribution in [2.45, 2.75) is 64.5 Å². The third-order valence-electron chi connectivity index (χ3n) is 5.32. The highest BCUT2D eigenvalue weighted by molar-refractivity contribution is 6.27. The van der Waals surface area contributed by atoms with E-state index in [2.05, 4.69) is 5.32 Å². The van der Waals surface area contributed by atoms with Gasteiger partial charge in [-0.05, 0) is 44.2 Å². The van der Waals surface area contributed by atoms with Gasteiger partial charge in [-0.25, -0.2) is 0 Å². The van der Waals surface area contributed by atoms with Crippen LogP contribution >= 0.6 is 11.6 Å². The monoisotopic (exact) mass is 408 g/mol. The lowest BCUT2D eigenvalue weighted by atomic mass is 9.94. The van der Waals surface area contributed by atoms with Gasteiger partial charge in [-0.1, -0.05) is 43.5 Å². The first-order chi connectivity index (χ1) is 13.6. The maximum absolute atomic E-state index is 13.3. The van der Waals surface area contributed by atoms with E-state index >= 15 is 0 Å². The predicted octanol–water partition coefficient (Wildman–Crippen LogP) is 3.98. The second-order valence-corrected chi connectivity index (χ2v) is 7.64. The van der Waals surface area contributed by atoms with E-state index in [-0.39, 0.29) is 23.7 Å². The number of carbonyl (C=O) groups is 2. The van der Waals surface area contributed by atoms with E-state index in [0.29, 0.717) is 26.2 Å². The zero-order chi connectivity index (χ0) is 20.4. The highest BCUT2D eigenvalue weighted by Gasteiger charge is 2.33. The van der Waals surface area contributed by atoms with Gasteiger partial charge in [-0.2, -0.15) is 0 Å². The number of hydrogen-bond acceptors (Lipinski definition) is 3. The van der Waals surface area contributed by atoms with Crippen molar-refractivity contribution in [1.82, 2.24) is 10.2 Å². The Morgan fingerprint density at radius 1 is 1.25 bits per heavy atom. The van der Waals surface area contributed by atoms with Crippen LogP contribution in [0.5, 0.6) is 0 Å². The number of alkyl halides is 1. The van der Waals surface area contributed by atoms with Crippen LogP contribution in [0.3, 0.4) is 0 Å². The van der Waals surface area contributed by atoms with E-state index in [4.69, 9.17) is 16.3 Å². The van der Waals surface area contributed by atoms with Gasteiger partial charge in [0.15, 0.2) is 0 Å². The Bertz CT molecular complexity index is 632. The van der Waals surface area contributed by atoms with Crippen LogP contribution in [0.4, 0.5) is 0 Å². The van der Waals surface area contributed by atoms with E-state index in [1.54, 1.807) is 4.90 Å². The molecule has 0 bridgehead atoms. The molecular weight excluding hydrogens is 376 g/mol. The molecule has 0 heterocycles. The third kappa shape index (κ3) is 6.49. The highest BCUT2D eigenvalue weighted by atomic mass is 35.5. The van der Waals surface area contributed by atoms with E-state index < -0.39 is 6.04 Å². The lowest BCUT2D eigenvalue weighted by Gasteiger charge is -2.33. The minimum atomic E-state index is -0.670. The fraction of sp³-hybridized carbons (Fsp3) is 0.636. The molecule has 0 aromatic heterocycles. The molecule has 28 heavy (non-hydrogen) atoms. The van der Waals surface area contributed by atoms with E-state index in [0.717, 1.165) is 36.8 Å². The number of aryl methyl sites for hydroxylation is 1. The molecule has 0 aliphatic heterocycles. The van der Waals surface area contributed by atoms with Gasteiger partial charge >= 0.3 is 0 Å². The molecule has 1 unspecified atom stereocenters.